The average Bonchev–Trinajstić information content (AvgIpc) is 3.64. The van der Waals surface area contributed by atoms with E-state index in [0.717, 1.165) is 23.5 Å². The topological polar surface area (TPSA) is 88.0 Å². The van der Waals surface area contributed by atoms with Crippen LogP contribution in [0.25, 0.3) is 28.7 Å². The fourth-order valence-electron chi connectivity index (χ4n) is 3.99. The summed E-state index contributed by atoms with van der Waals surface area (Å²) < 4.78 is 49.2. The third-order valence-corrected chi connectivity index (χ3v) is 5.87. The summed E-state index contributed by atoms with van der Waals surface area (Å²) in [7, 11) is 0. The predicted molar refractivity (Wildman–Crippen MR) is 131 cm³/mol. The summed E-state index contributed by atoms with van der Waals surface area (Å²) in [5.74, 6) is 1.30. The van der Waals surface area contributed by atoms with Crippen LogP contribution in [0, 0.1) is 6.92 Å². The Hall–Kier alpha value is -5.00. The predicted octanol–water partition coefficient (Wildman–Crippen LogP) is 5.07. The quantitative estimate of drug-likeness (QED) is 0.307. The first-order valence-electron chi connectivity index (χ1n) is 11.5. The van der Waals surface area contributed by atoms with Crippen LogP contribution in [0.3, 0.4) is 0 Å². The summed E-state index contributed by atoms with van der Waals surface area (Å²) in [6, 6.07) is 19.6. The minimum Gasteiger partial charge on any atom is -0.486 e. The highest BCUT2D eigenvalue weighted by Crippen LogP contribution is 2.30. The Kier molecular flexibility index (Phi) is 5.63. The van der Waals surface area contributed by atoms with Gasteiger partial charge in [-0.2, -0.15) is 27.9 Å². The van der Waals surface area contributed by atoms with E-state index < -0.39 is 11.7 Å². The van der Waals surface area contributed by atoms with Crippen LogP contribution in [-0.4, -0.2) is 39.1 Å². The first-order chi connectivity index (χ1) is 18.4. The van der Waals surface area contributed by atoms with Crippen LogP contribution in [0.5, 0.6) is 5.75 Å². The van der Waals surface area contributed by atoms with Gasteiger partial charge in [-0.15, -0.1) is 10.2 Å². The second kappa shape index (κ2) is 9.14. The van der Waals surface area contributed by atoms with E-state index in [9.17, 15) is 13.2 Å². The van der Waals surface area contributed by atoms with Crippen molar-refractivity contribution in [2.75, 3.05) is 0 Å². The average molecular weight is 516 g/mol. The SMILES string of the molecule is Cc1c(-c2nc(COc3ccc(C(F)(F)F)cc3)nn2-c2nc3ccccn3n2)cnn1-c1ccccc1. The number of benzene rings is 2. The number of hydrogen-bond acceptors (Lipinski definition) is 6. The van der Waals surface area contributed by atoms with Crippen LogP contribution >= 0.6 is 0 Å². The van der Waals surface area contributed by atoms with E-state index in [-0.39, 0.29) is 12.4 Å². The highest BCUT2D eigenvalue weighted by Gasteiger charge is 2.30. The number of pyridine rings is 1. The highest BCUT2D eigenvalue weighted by atomic mass is 19.4. The van der Waals surface area contributed by atoms with Crippen molar-refractivity contribution in [1.82, 2.24) is 39.1 Å². The van der Waals surface area contributed by atoms with Gasteiger partial charge in [0.2, 0.25) is 0 Å². The lowest BCUT2D eigenvalue weighted by Gasteiger charge is -2.08. The summed E-state index contributed by atoms with van der Waals surface area (Å²) in [6.45, 7) is 1.84. The molecule has 0 bridgehead atoms. The summed E-state index contributed by atoms with van der Waals surface area (Å²) in [5, 5.41) is 13.6. The second-order valence-electron chi connectivity index (χ2n) is 8.38. The van der Waals surface area contributed by atoms with Crippen molar-refractivity contribution in [2.24, 2.45) is 0 Å². The van der Waals surface area contributed by atoms with E-state index in [1.165, 1.54) is 16.8 Å². The van der Waals surface area contributed by atoms with Crippen LogP contribution in [0.4, 0.5) is 13.2 Å². The number of ether oxygens (including phenoxy) is 1. The number of fused-ring (bicyclic) bond motifs is 1. The molecular formula is C26H19F3N8O. The fourth-order valence-corrected chi connectivity index (χ4v) is 3.99. The van der Waals surface area contributed by atoms with E-state index in [2.05, 4.69) is 25.3 Å². The molecule has 0 atom stereocenters. The molecule has 12 heteroatoms. The molecule has 0 saturated carbocycles. The summed E-state index contributed by atoms with van der Waals surface area (Å²) in [5.41, 5.74) is 2.30. The molecule has 0 amide bonds. The lowest BCUT2D eigenvalue weighted by atomic mass is 10.2. The normalized spacial score (nSPS) is 11.8. The van der Waals surface area contributed by atoms with Gasteiger partial charge >= 0.3 is 6.18 Å². The number of aromatic nitrogens is 8. The van der Waals surface area contributed by atoms with Crippen molar-refractivity contribution in [3.63, 3.8) is 0 Å². The third kappa shape index (κ3) is 4.36. The lowest BCUT2D eigenvalue weighted by Crippen LogP contribution is -2.05. The number of alkyl halides is 3. The molecule has 0 unspecified atom stereocenters. The number of para-hydroxylation sites is 1. The van der Waals surface area contributed by atoms with Gasteiger partial charge in [0.15, 0.2) is 17.3 Å². The highest BCUT2D eigenvalue weighted by molar-refractivity contribution is 5.60. The van der Waals surface area contributed by atoms with Gasteiger partial charge in [-0.05, 0) is 55.5 Å². The van der Waals surface area contributed by atoms with Crippen molar-refractivity contribution in [3.8, 4) is 28.8 Å². The molecule has 0 spiro atoms. The third-order valence-electron chi connectivity index (χ3n) is 5.87. The fraction of sp³-hybridized carbons (Fsp3) is 0.115. The van der Waals surface area contributed by atoms with Crippen LogP contribution in [-0.2, 0) is 12.8 Å². The Morgan fingerprint density at radius 1 is 0.842 bits per heavy atom. The van der Waals surface area contributed by atoms with Gasteiger partial charge in [-0.1, -0.05) is 24.3 Å². The smallest absolute Gasteiger partial charge is 0.416 e. The van der Waals surface area contributed by atoms with Gasteiger partial charge in [0.05, 0.1) is 28.7 Å². The summed E-state index contributed by atoms with van der Waals surface area (Å²) >= 11 is 0. The van der Waals surface area contributed by atoms with Gasteiger partial charge in [0.1, 0.15) is 12.4 Å². The Labute approximate surface area is 213 Å². The second-order valence-corrected chi connectivity index (χ2v) is 8.38. The zero-order valence-corrected chi connectivity index (χ0v) is 19.9. The van der Waals surface area contributed by atoms with E-state index in [1.54, 1.807) is 21.6 Å². The van der Waals surface area contributed by atoms with E-state index in [4.69, 9.17) is 4.74 Å². The Morgan fingerprint density at radius 2 is 1.61 bits per heavy atom. The molecule has 0 fully saturated rings. The number of hydrogen-bond donors (Lipinski definition) is 0. The van der Waals surface area contributed by atoms with Crippen molar-refractivity contribution >= 4 is 5.65 Å². The van der Waals surface area contributed by atoms with Gasteiger partial charge in [0, 0.05) is 6.20 Å². The Balaban J connectivity index is 1.37. The van der Waals surface area contributed by atoms with Gasteiger partial charge in [0.25, 0.3) is 5.95 Å². The molecule has 6 aromatic rings. The van der Waals surface area contributed by atoms with E-state index in [0.29, 0.717) is 28.8 Å². The molecule has 0 aliphatic rings. The molecule has 38 heavy (non-hydrogen) atoms. The van der Waals surface area contributed by atoms with Gasteiger partial charge in [-0.25, -0.2) is 14.2 Å². The van der Waals surface area contributed by atoms with Crippen LogP contribution in [0.15, 0.2) is 85.2 Å². The monoisotopic (exact) mass is 516 g/mol. The molecule has 0 N–H and O–H groups in total. The standard InChI is InChI=1S/C26H19F3N8O/c1-17-21(15-30-36(17)19-7-3-2-4-8-19)24-31-22(16-38-20-12-10-18(11-13-20)26(27,28)29)33-37(24)25-32-23-9-5-6-14-35(23)34-25/h2-15H,16H2,1H3. The molecule has 0 saturated heterocycles. The van der Waals surface area contributed by atoms with Crippen LogP contribution < -0.4 is 4.74 Å². The van der Waals surface area contributed by atoms with Crippen LogP contribution in [0.2, 0.25) is 0 Å². The van der Waals surface area contributed by atoms with Crippen molar-refractivity contribution in [1.29, 1.82) is 0 Å². The molecule has 0 aliphatic carbocycles. The maximum absolute atomic E-state index is 12.9. The van der Waals surface area contributed by atoms with E-state index in [1.807, 2.05) is 55.5 Å². The van der Waals surface area contributed by atoms with Gasteiger partial charge in [-0.3, -0.25) is 0 Å². The maximum Gasteiger partial charge on any atom is 0.416 e. The minimum absolute atomic E-state index is 0.0788. The molecule has 4 heterocycles. The largest absolute Gasteiger partial charge is 0.486 e. The van der Waals surface area contributed by atoms with Crippen molar-refractivity contribution in [3.05, 3.63) is 102 Å². The minimum atomic E-state index is -4.42. The first-order valence-corrected chi connectivity index (χ1v) is 11.5. The molecule has 0 radical (unpaired) electrons. The first kappa shape index (κ1) is 23.4. The molecule has 6 rings (SSSR count). The van der Waals surface area contributed by atoms with Crippen molar-refractivity contribution < 1.29 is 17.9 Å². The number of rotatable bonds is 6. The number of nitrogens with zero attached hydrogens (tertiary/aromatic N) is 8. The molecule has 190 valence electrons. The number of halogens is 3. The molecule has 9 nitrogen and oxygen atoms in total. The van der Waals surface area contributed by atoms with Crippen molar-refractivity contribution in [2.45, 2.75) is 19.7 Å². The van der Waals surface area contributed by atoms with Crippen LogP contribution in [0.1, 0.15) is 17.1 Å². The molecule has 4 aromatic heterocycles. The zero-order valence-electron chi connectivity index (χ0n) is 19.9. The molecule has 2 aromatic carbocycles. The summed E-state index contributed by atoms with van der Waals surface area (Å²) in [6.07, 6.45) is -0.953. The molecular weight excluding hydrogens is 497 g/mol. The Morgan fingerprint density at radius 3 is 2.34 bits per heavy atom. The molecule has 0 aliphatic heterocycles. The summed E-state index contributed by atoms with van der Waals surface area (Å²) in [4.78, 5) is 9.24. The lowest BCUT2D eigenvalue weighted by molar-refractivity contribution is -0.137. The van der Waals surface area contributed by atoms with Gasteiger partial charge < -0.3 is 4.74 Å². The maximum atomic E-state index is 12.9. The van der Waals surface area contributed by atoms with E-state index >= 15 is 0 Å². The Bertz CT molecular complexity index is 1690. The zero-order chi connectivity index (χ0) is 26.3.